The molecule has 22 heavy (non-hydrogen) atoms. The zero-order chi connectivity index (χ0) is 16.1. The summed E-state index contributed by atoms with van der Waals surface area (Å²) in [5.74, 6) is 0.0103. The largest absolute Gasteiger partial charge is 0.389 e. The molecule has 0 heterocycles. The van der Waals surface area contributed by atoms with Gasteiger partial charge in [-0.05, 0) is 36.0 Å². The summed E-state index contributed by atoms with van der Waals surface area (Å²) in [4.78, 5) is 12.0. The van der Waals surface area contributed by atoms with E-state index in [1.165, 1.54) is 13.2 Å². The summed E-state index contributed by atoms with van der Waals surface area (Å²) in [5.41, 5.74) is 1.52. The third kappa shape index (κ3) is 3.96. The standard InChI is InChI=1S/C16H23FN2O3/c1-10-6-7-12-13(4-3-5-14(12)17)15(10)19-16(21)18-8-11(20)9-22-2/h3-5,10-11,15,20H,6-9H2,1-2H3,(H2,18,19,21). The first kappa shape index (κ1) is 16.7. The van der Waals surface area contributed by atoms with Crippen LogP contribution in [0.5, 0.6) is 0 Å². The van der Waals surface area contributed by atoms with Crippen molar-refractivity contribution in [3.8, 4) is 0 Å². The summed E-state index contributed by atoms with van der Waals surface area (Å²) >= 11 is 0. The van der Waals surface area contributed by atoms with E-state index in [2.05, 4.69) is 10.6 Å². The molecule has 0 radical (unpaired) electrons. The van der Waals surface area contributed by atoms with Gasteiger partial charge in [-0.15, -0.1) is 0 Å². The average Bonchev–Trinajstić information content (AvgIpc) is 2.49. The van der Waals surface area contributed by atoms with Gasteiger partial charge in [-0.25, -0.2) is 9.18 Å². The molecule has 1 aliphatic rings. The van der Waals surface area contributed by atoms with E-state index in [1.54, 1.807) is 6.07 Å². The fourth-order valence-electron chi connectivity index (χ4n) is 2.85. The summed E-state index contributed by atoms with van der Waals surface area (Å²) in [6, 6.07) is 4.38. The minimum Gasteiger partial charge on any atom is -0.389 e. The van der Waals surface area contributed by atoms with Crippen molar-refractivity contribution in [3.63, 3.8) is 0 Å². The van der Waals surface area contributed by atoms with Crippen LogP contribution < -0.4 is 10.6 Å². The molecule has 0 saturated heterocycles. The highest BCUT2D eigenvalue weighted by Gasteiger charge is 2.29. The first-order valence-electron chi connectivity index (χ1n) is 7.51. The number of halogens is 1. The van der Waals surface area contributed by atoms with Crippen LogP contribution in [0.4, 0.5) is 9.18 Å². The molecule has 0 fully saturated rings. The zero-order valence-corrected chi connectivity index (χ0v) is 12.9. The van der Waals surface area contributed by atoms with Crippen LogP contribution in [-0.2, 0) is 11.2 Å². The molecule has 0 saturated carbocycles. The zero-order valence-electron chi connectivity index (χ0n) is 12.9. The number of carbonyl (C=O) groups excluding carboxylic acids is 1. The molecule has 3 unspecified atom stereocenters. The van der Waals surface area contributed by atoms with Gasteiger partial charge in [0, 0.05) is 13.7 Å². The number of nitrogens with one attached hydrogen (secondary N) is 2. The first-order chi connectivity index (χ1) is 10.5. The third-order valence-corrected chi connectivity index (χ3v) is 4.05. The molecule has 122 valence electrons. The van der Waals surface area contributed by atoms with E-state index in [-0.39, 0.29) is 37.0 Å². The van der Waals surface area contributed by atoms with Crippen LogP contribution in [0.3, 0.4) is 0 Å². The van der Waals surface area contributed by atoms with Crippen molar-refractivity contribution in [1.82, 2.24) is 10.6 Å². The Morgan fingerprint density at radius 1 is 1.55 bits per heavy atom. The van der Waals surface area contributed by atoms with E-state index in [0.29, 0.717) is 12.0 Å². The predicted octanol–water partition coefficient (Wildman–Crippen LogP) is 1.76. The Labute approximate surface area is 129 Å². The summed E-state index contributed by atoms with van der Waals surface area (Å²) in [6.07, 6.45) is 0.769. The van der Waals surface area contributed by atoms with Crippen LogP contribution in [0, 0.1) is 11.7 Å². The number of urea groups is 1. The Balaban J connectivity index is 2.00. The number of hydrogen-bond acceptors (Lipinski definition) is 3. The molecule has 3 atom stereocenters. The molecule has 2 rings (SSSR count). The number of hydrogen-bond donors (Lipinski definition) is 3. The van der Waals surface area contributed by atoms with Crippen molar-refractivity contribution >= 4 is 6.03 Å². The van der Waals surface area contributed by atoms with E-state index < -0.39 is 6.10 Å². The molecule has 0 aliphatic heterocycles. The lowest BCUT2D eigenvalue weighted by Crippen LogP contribution is -2.44. The fraction of sp³-hybridized carbons (Fsp3) is 0.562. The number of aliphatic hydroxyl groups is 1. The first-order valence-corrected chi connectivity index (χ1v) is 7.51. The normalized spacial score (nSPS) is 21.8. The molecule has 1 aliphatic carbocycles. The quantitative estimate of drug-likeness (QED) is 0.776. The van der Waals surface area contributed by atoms with Crippen LogP contribution in [0.2, 0.25) is 0 Å². The number of fused-ring (bicyclic) bond motifs is 1. The Morgan fingerprint density at radius 3 is 3.05 bits per heavy atom. The number of methoxy groups -OCH3 is 1. The van der Waals surface area contributed by atoms with Crippen LogP contribution >= 0.6 is 0 Å². The number of ether oxygens (including phenoxy) is 1. The molecular weight excluding hydrogens is 287 g/mol. The van der Waals surface area contributed by atoms with E-state index in [1.807, 2.05) is 13.0 Å². The van der Waals surface area contributed by atoms with Gasteiger partial charge in [0.1, 0.15) is 5.82 Å². The Morgan fingerprint density at radius 2 is 2.32 bits per heavy atom. The number of aliphatic hydroxyl groups excluding tert-OH is 1. The van der Waals surface area contributed by atoms with Crippen molar-refractivity contribution in [2.45, 2.75) is 31.9 Å². The minimum atomic E-state index is -0.746. The lowest BCUT2D eigenvalue weighted by molar-refractivity contribution is 0.0658. The molecule has 0 spiro atoms. The van der Waals surface area contributed by atoms with Gasteiger partial charge < -0.3 is 20.5 Å². The van der Waals surface area contributed by atoms with Crippen molar-refractivity contribution in [2.24, 2.45) is 5.92 Å². The van der Waals surface area contributed by atoms with E-state index in [9.17, 15) is 14.3 Å². The number of amides is 2. The Kier molecular flexibility index (Phi) is 5.74. The number of benzene rings is 1. The summed E-state index contributed by atoms with van der Waals surface area (Å²) in [6.45, 7) is 2.31. The summed E-state index contributed by atoms with van der Waals surface area (Å²) < 4.78 is 18.7. The maximum absolute atomic E-state index is 13.9. The predicted molar refractivity (Wildman–Crippen MR) is 81.0 cm³/mol. The van der Waals surface area contributed by atoms with E-state index in [4.69, 9.17) is 4.74 Å². The van der Waals surface area contributed by atoms with Crippen LogP contribution in [-0.4, -0.2) is 37.5 Å². The van der Waals surface area contributed by atoms with Gasteiger partial charge in [0.15, 0.2) is 0 Å². The Bertz CT molecular complexity index is 524. The molecule has 0 bridgehead atoms. The second kappa shape index (κ2) is 7.56. The number of carbonyl (C=O) groups is 1. The molecule has 2 amide bonds. The maximum atomic E-state index is 13.9. The highest BCUT2D eigenvalue weighted by atomic mass is 19.1. The SMILES string of the molecule is COCC(O)CNC(=O)NC1c2cccc(F)c2CCC1C. The maximum Gasteiger partial charge on any atom is 0.315 e. The molecule has 0 aromatic heterocycles. The van der Waals surface area contributed by atoms with E-state index >= 15 is 0 Å². The van der Waals surface area contributed by atoms with Crippen LogP contribution in [0.15, 0.2) is 18.2 Å². The van der Waals surface area contributed by atoms with Gasteiger partial charge >= 0.3 is 6.03 Å². The van der Waals surface area contributed by atoms with Gasteiger partial charge in [0.2, 0.25) is 0 Å². The van der Waals surface area contributed by atoms with Crippen LogP contribution in [0.1, 0.15) is 30.5 Å². The highest BCUT2D eigenvalue weighted by molar-refractivity contribution is 5.74. The smallest absolute Gasteiger partial charge is 0.315 e. The second-order valence-electron chi connectivity index (χ2n) is 5.76. The van der Waals surface area contributed by atoms with Crippen molar-refractivity contribution in [1.29, 1.82) is 0 Å². The fourth-order valence-corrected chi connectivity index (χ4v) is 2.85. The second-order valence-corrected chi connectivity index (χ2v) is 5.76. The van der Waals surface area contributed by atoms with Gasteiger partial charge in [-0.1, -0.05) is 19.1 Å². The van der Waals surface area contributed by atoms with Gasteiger partial charge in [-0.3, -0.25) is 0 Å². The third-order valence-electron chi connectivity index (χ3n) is 4.05. The molecule has 1 aromatic rings. The molecular formula is C16H23FN2O3. The lowest BCUT2D eigenvalue weighted by Gasteiger charge is -2.32. The van der Waals surface area contributed by atoms with Crippen molar-refractivity contribution < 1.29 is 19.0 Å². The van der Waals surface area contributed by atoms with Gasteiger partial charge in [0.25, 0.3) is 0 Å². The van der Waals surface area contributed by atoms with Crippen molar-refractivity contribution in [3.05, 3.63) is 35.1 Å². The molecule has 5 nitrogen and oxygen atoms in total. The molecule has 1 aromatic carbocycles. The van der Waals surface area contributed by atoms with Gasteiger partial charge in [0.05, 0.1) is 18.8 Å². The minimum absolute atomic E-state index is 0.108. The summed E-state index contributed by atoms with van der Waals surface area (Å²) in [7, 11) is 1.48. The highest BCUT2D eigenvalue weighted by Crippen LogP contribution is 2.35. The molecule has 3 N–H and O–H groups in total. The topological polar surface area (TPSA) is 70.6 Å². The Hall–Kier alpha value is -1.66. The van der Waals surface area contributed by atoms with Gasteiger partial charge in [-0.2, -0.15) is 0 Å². The lowest BCUT2D eigenvalue weighted by atomic mass is 9.80. The average molecular weight is 310 g/mol. The monoisotopic (exact) mass is 310 g/mol. The number of rotatable bonds is 5. The summed E-state index contributed by atoms with van der Waals surface area (Å²) in [5, 5.41) is 15.0. The van der Waals surface area contributed by atoms with E-state index in [0.717, 1.165) is 12.0 Å². The van der Waals surface area contributed by atoms with Crippen molar-refractivity contribution in [2.75, 3.05) is 20.3 Å². The van der Waals surface area contributed by atoms with Crippen LogP contribution in [0.25, 0.3) is 0 Å². The molecule has 6 heteroatoms.